The van der Waals surface area contributed by atoms with E-state index in [2.05, 4.69) is 33.1 Å². The van der Waals surface area contributed by atoms with E-state index in [9.17, 15) is 0 Å². The van der Waals surface area contributed by atoms with Gasteiger partial charge in [-0.1, -0.05) is 0 Å². The Hall–Kier alpha value is -1.78. The fourth-order valence-electron chi connectivity index (χ4n) is 1.88. The molecule has 2 heterocycles. The molecule has 0 unspecified atom stereocenters. The van der Waals surface area contributed by atoms with Crippen LogP contribution in [-0.2, 0) is 20.0 Å². The van der Waals surface area contributed by atoms with E-state index < -0.39 is 0 Å². The summed E-state index contributed by atoms with van der Waals surface area (Å²) in [5, 5.41) is 7.51. The minimum Gasteiger partial charge on any atom is -0.355 e. The third-order valence-electron chi connectivity index (χ3n) is 2.82. The lowest BCUT2D eigenvalue weighted by molar-refractivity contribution is 0.706. The fraction of sp³-hybridized carbons (Fsp3) is 0.500. The molecular formula is C12H19N5. The Kier molecular flexibility index (Phi) is 3.46. The molecule has 0 radical (unpaired) electrons. The highest BCUT2D eigenvalue weighted by atomic mass is 15.3. The number of aromatic nitrogens is 4. The first-order valence-corrected chi connectivity index (χ1v) is 5.95. The maximum absolute atomic E-state index is 4.45. The van der Waals surface area contributed by atoms with Crippen molar-refractivity contribution in [2.45, 2.75) is 26.8 Å². The standard InChI is InChI=1S/C12H19N5/c1-4-17-9-10(2)15-12(17)13-7-5-11-6-8-14-16(11)3/h6,8-9H,4-5,7H2,1-3H3,(H,13,15). The van der Waals surface area contributed by atoms with Crippen molar-refractivity contribution in [2.24, 2.45) is 7.05 Å². The summed E-state index contributed by atoms with van der Waals surface area (Å²) in [7, 11) is 1.96. The van der Waals surface area contributed by atoms with E-state index in [4.69, 9.17) is 0 Å². The second-order valence-corrected chi connectivity index (χ2v) is 4.11. The van der Waals surface area contributed by atoms with Crippen molar-refractivity contribution < 1.29 is 0 Å². The minimum atomic E-state index is 0.871. The van der Waals surface area contributed by atoms with Gasteiger partial charge in [0.25, 0.3) is 0 Å². The largest absolute Gasteiger partial charge is 0.355 e. The van der Waals surface area contributed by atoms with Gasteiger partial charge in [-0.3, -0.25) is 4.68 Å². The molecule has 0 aromatic carbocycles. The molecule has 92 valence electrons. The summed E-state index contributed by atoms with van der Waals surface area (Å²) < 4.78 is 4.03. The van der Waals surface area contributed by atoms with Gasteiger partial charge in [0.1, 0.15) is 0 Å². The molecule has 0 aliphatic rings. The summed E-state index contributed by atoms with van der Waals surface area (Å²) >= 11 is 0. The van der Waals surface area contributed by atoms with Crippen LogP contribution in [0.15, 0.2) is 18.5 Å². The molecule has 2 aromatic rings. The average Bonchev–Trinajstić information content (AvgIpc) is 2.86. The number of hydrogen-bond donors (Lipinski definition) is 1. The van der Waals surface area contributed by atoms with Gasteiger partial charge in [0.05, 0.1) is 5.69 Å². The maximum Gasteiger partial charge on any atom is 0.203 e. The van der Waals surface area contributed by atoms with Crippen LogP contribution in [0.5, 0.6) is 0 Å². The highest BCUT2D eigenvalue weighted by molar-refractivity contribution is 5.28. The van der Waals surface area contributed by atoms with Crippen molar-refractivity contribution >= 4 is 5.95 Å². The quantitative estimate of drug-likeness (QED) is 0.853. The molecule has 0 amide bonds. The average molecular weight is 233 g/mol. The maximum atomic E-state index is 4.45. The van der Waals surface area contributed by atoms with Crippen LogP contribution in [0.1, 0.15) is 18.3 Å². The lowest BCUT2D eigenvalue weighted by Gasteiger charge is -2.07. The van der Waals surface area contributed by atoms with Crippen molar-refractivity contribution in [2.75, 3.05) is 11.9 Å². The second kappa shape index (κ2) is 5.03. The van der Waals surface area contributed by atoms with Crippen LogP contribution in [-0.4, -0.2) is 25.9 Å². The van der Waals surface area contributed by atoms with Crippen LogP contribution >= 0.6 is 0 Å². The topological polar surface area (TPSA) is 47.7 Å². The van der Waals surface area contributed by atoms with Crippen LogP contribution in [0, 0.1) is 6.92 Å². The molecular weight excluding hydrogens is 214 g/mol. The monoisotopic (exact) mass is 233 g/mol. The van der Waals surface area contributed by atoms with Crippen molar-refractivity contribution in [3.63, 3.8) is 0 Å². The van der Waals surface area contributed by atoms with E-state index >= 15 is 0 Å². The third-order valence-corrected chi connectivity index (χ3v) is 2.82. The predicted molar refractivity (Wildman–Crippen MR) is 68.0 cm³/mol. The summed E-state index contributed by atoms with van der Waals surface area (Å²) in [5.41, 5.74) is 2.28. The van der Waals surface area contributed by atoms with Crippen molar-refractivity contribution in [3.05, 3.63) is 29.8 Å². The predicted octanol–water partition coefficient (Wildman–Crippen LogP) is 1.60. The van der Waals surface area contributed by atoms with Gasteiger partial charge in [0, 0.05) is 44.6 Å². The number of hydrogen-bond acceptors (Lipinski definition) is 3. The number of aryl methyl sites for hydroxylation is 3. The van der Waals surface area contributed by atoms with Gasteiger partial charge in [-0.25, -0.2) is 4.98 Å². The Bertz CT molecular complexity index is 483. The molecule has 0 atom stereocenters. The zero-order chi connectivity index (χ0) is 12.3. The minimum absolute atomic E-state index is 0.871. The van der Waals surface area contributed by atoms with E-state index in [1.165, 1.54) is 5.69 Å². The lowest BCUT2D eigenvalue weighted by atomic mass is 10.3. The summed E-state index contributed by atoms with van der Waals surface area (Å²) in [6.07, 6.45) is 4.84. The highest BCUT2D eigenvalue weighted by Gasteiger charge is 2.04. The summed E-state index contributed by atoms with van der Waals surface area (Å²) in [4.78, 5) is 4.45. The third kappa shape index (κ3) is 2.67. The lowest BCUT2D eigenvalue weighted by Crippen LogP contribution is -2.11. The second-order valence-electron chi connectivity index (χ2n) is 4.11. The smallest absolute Gasteiger partial charge is 0.203 e. The Labute approximate surface area is 101 Å². The van der Waals surface area contributed by atoms with E-state index in [1.54, 1.807) is 0 Å². The first kappa shape index (κ1) is 11.7. The molecule has 5 nitrogen and oxygen atoms in total. The molecule has 2 rings (SSSR count). The summed E-state index contributed by atoms with van der Waals surface area (Å²) in [5.74, 6) is 0.951. The van der Waals surface area contributed by atoms with Gasteiger partial charge in [0.15, 0.2) is 0 Å². The molecule has 17 heavy (non-hydrogen) atoms. The van der Waals surface area contributed by atoms with Crippen molar-refractivity contribution in [1.82, 2.24) is 19.3 Å². The molecule has 0 spiro atoms. The fourth-order valence-corrected chi connectivity index (χ4v) is 1.88. The van der Waals surface area contributed by atoms with Gasteiger partial charge < -0.3 is 9.88 Å². The Balaban J connectivity index is 1.92. The normalized spacial score (nSPS) is 10.8. The zero-order valence-electron chi connectivity index (χ0n) is 10.6. The Morgan fingerprint density at radius 2 is 2.24 bits per heavy atom. The van der Waals surface area contributed by atoms with E-state index in [1.807, 2.05) is 30.9 Å². The molecule has 0 aliphatic heterocycles. The van der Waals surface area contributed by atoms with Gasteiger partial charge in [-0.15, -0.1) is 0 Å². The number of anilines is 1. The van der Waals surface area contributed by atoms with Gasteiger partial charge in [-0.2, -0.15) is 5.10 Å². The van der Waals surface area contributed by atoms with Crippen LogP contribution in [0.4, 0.5) is 5.95 Å². The number of nitrogens with one attached hydrogen (secondary N) is 1. The molecule has 1 N–H and O–H groups in total. The van der Waals surface area contributed by atoms with E-state index in [0.29, 0.717) is 0 Å². The Morgan fingerprint density at radius 3 is 2.88 bits per heavy atom. The Morgan fingerprint density at radius 1 is 1.41 bits per heavy atom. The molecule has 5 heteroatoms. The highest BCUT2D eigenvalue weighted by Crippen LogP contribution is 2.08. The molecule has 2 aromatic heterocycles. The molecule has 0 bridgehead atoms. The van der Waals surface area contributed by atoms with Crippen molar-refractivity contribution in [1.29, 1.82) is 0 Å². The molecule has 0 saturated heterocycles. The molecule has 0 fully saturated rings. The first-order valence-electron chi connectivity index (χ1n) is 5.95. The van der Waals surface area contributed by atoms with Crippen LogP contribution in [0.2, 0.25) is 0 Å². The van der Waals surface area contributed by atoms with Gasteiger partial charge in [0.2, 0.25) is 5.95 Å². The summed E-state index contributed by atoms with van der Waals surface area (Å²) in [6, 6.07) is 2.04. The first-order chi connectivity index (χ1) is 8.20. The van der Waals surface area contributed by atoms with E-state index in [0.717, 1.165) is 31.2 Å². The molecule has 0 saturated carbocycles. The number of nitrogens with zero attached hydrogens (tertiary/aromatic N) is 4. The van der Waals surface area contributed by atoms with Crippen LogP contribution < -0.4 is 5.32 Å². The summed E-state index contributed by atoms with van der Waals surface area (Å²) in [6.45, 7) is 5.94. The van der Waals surface area contributed by atoms with Crippen molar-refractivity contribution in [3.8, 4) is 0 Å². The van der Waals surface area contributed by atoms with Crippen LogP contribution in [0.3, 0.4) is 0 Å². The van der Waals surface area contributed by atoms with Gasteiger partial charge in [-0.05, 0) is 19.9 Å². The van der Waals surface area contributed by atoms with E-state index in [-0.39, 0.29) is 0 Å². The van der Waals surface area contributed by atoms with Gasteiger partial charge >= 0.3 is 0 Å². The van der Waals surface area contributed by atoms with Crippen LogP contribution in [0.25, 0.3) is 0 Å². The number of rotatable bonds is 5. The SMILES string of the molecule is CCn1cc(C)nc1NCCc1ccnn1C. The zero-order valence-corrected chi connectivity index (χ0v) is 10.6. The number of imidazole rings is 1. The molecule has 0 aliphatic carbocycles.